The molecule has 0 spiro atoms. The SMILES string of the molecule is O=C[CH]C1CCCCCCC1. The molecular formula is C10H17O. The molecule has 0 N–H and O–H groups in total. The van der Waals surface area contributed by atoms with Crippen molar-refractivity contribution >= 4 is 6.29 Å². The summed E-state index contributed by atoms with van der Waals surface area (Å²) in [4.78, 5) is 10.2. The topological polar surface area (TPSA) is 17.1 Å². The number of hydrogen-bond donors (Lipinski definition) is 0. The lowest BCUT2D eigenvalue weighted by Gasteiger charge is -2.16. The lowest BCUT2D eigenvalue weighted by molar-refractivity contribution is -0.105. The zero-order valence-electron chi connectivity index (χ0n) is 7.09. The summed E-state index contributed by atoms with van der Waals surface area (Å²) in [7, 11) is 0. The fourth-order valence-corrected chi connectivity index (χ4v) is 1.79. The Balaban J connectivity index is 2.20. The molecule has 0 saturated heterocycles. The van der Waals surface area contributed by atoms with Crippen LogP contribution in [0, 0.1) is 12.3 Å². The number of rotatable bonds is 2. The molecule has 63 valence electrons. The first-order valence-corrected chi connectivity index (χ1v) is 4.72. The summed E-state index contributed by atoms with van der Waals surface area (Å²) in [6, 6.07) is 0. The second-order valence-electron chi connectivity index (χ2n) is 3.43. The second-order valence-corrected chi connectivity index (χ2v) is 3.43. The Hall–Kier alpha value is -0.330. The van der Waals surface area contributed by atoms with Crippen LogP contribution in [0.25, 0.3) is 0 Å². The highest BCUT2D eigenvalue weighted by atomic mass is 16.1. The summed E-state index contributed by atoms with van der Waals surface area (Å²) < 4.78 is 0. The van der Waals surface area contributed by atoms with Gasteiger partial charge in [0, 0.05) is 6.42 Å². The predicted octanol–water partition coefficient (Wildman–Crippen LogP) is 2.75. The van der Waals surface area contributed by atoms with Crippen LogP contribution >= 0.6 is 0 Å². The van der Waals surface area contributed by atoms with Crippen molar-refractivity contribution in [1.82, 2.24) is 0 Å². The van der Waals surface area contributed by atoms with Gasteiger partial charge in [-0.05, 0) is 18.8 Å². The molecule has 0 unspecified atom stereocenters. The molecule has 0 aromatic rings. The third kappa shape index (κ3) is 3.54. The molecule has 0 amide bonds. The van der Waals surface area contributed by atoms with Crippen molar-refractivity contribution in [2.75, 3.05) is 0 Å². The van der Waals surface area contributed by atoms with E-state index in [9.17, 15) is 4.79 Å². The van der Waals surface area contributed by atoms with Gasteiger partial charge < -0.3 is 4.79 Å². The molecule has 1 rings (SSSR count). The Kier molecular flexibility index (Phi) is 4.25. The molecule has 1 fully saturated rings. The monoisotopic (exact) mass is 153 g/mol. The highest BCUT2D eigenvalue weighted by Gasteiger charge is 2.10. The Labute approximate surface area is 69.2 Å². The molecule has 11 heavy (non-hydrogen) atoms. The molecule has 0 atom stereocenters. The lowest BCUT2D eigenvalue weighted by Crippen LogP contribution is -2.04. The summed E-state index contributed by atoms with van der Waals surface area (Å²) in [6.07, 6.45) is 12.0. The molecular weight excluding hydrogens is 136 g/mol. The third-order valence-electron chi connectivity index (χ3n) is 2.50. The van der Waals surface area contributed by atoms with Gasteiger partial charge in [-0.1, -0.05) is 32.1 Å². The molecule has 0 aliphatic heterocycles. The predicted molar refractivity (Wildman–Crippen MR) is 46.2 cm³/mol. The van der Waals surface area contributed by atoms with Crippen molar-refractivity contribution < 1.29 is 4.79 Å². The van der Waals surface area contributed by atoms with Crippen LogP contribution in [0.5, 0.6) is 0 Å². The van der Waals surface area contributed by atoms with E-state index >= 15 is 0 Å². The Morgan fingerprint density at radius 2 is 1.45 bits per heavy atom. The van der Waals surface area contributed by atoms with Crippen LogP contribution in [-0.2, 0) is 4.79 Å². The minimum atomic E-state index is 0.591. The van der Waals surface area contributed by atoms with Crippen molar-refractivity contribution in [3.05, 3.63) is 6.42 Å². The molecule has 0 aromatic heterocycles. The number of carbonyl (C=O) groups is 1. The van der Waals surface area contributed by atoms with Crippen LogP contribution in [0.3, 0.4) is 0 Å². The van der Waals surface area contributed by atoms with E-state index < -0.39 is 0 Å². The maximum Gasteiger partial charge on any atom is 0.124 e. The van der Waals surface area contributed by atoms with E-state index in [1.54, 1.807) is 0 Å². The normalized spacial score (nSPS) is 22.2. The van der Waals surface area contributed by atoms with E-state index in [0.717, 1.165) is 6.29 Å². The fourth-order valence-electron chi connectivity index (χ4n) is 1.79. The first-order valence-electron chi connectivity index (χ1n) is 4.72. The van der Waals surface area contributed by atoms with Crippen molar-refractivity contribution in [2.24, 2.45) is 5.92 Å². The summed E-state index contributed by atoms with van der Waals surface area (Å²) in [5.74, 6) is 0.591. The lowest BCUT2D eigenvalue weighted by atomic mass is 9.89. The standard InChI is InChI=1S/C10H17O/c11-9-8-10-6-4-2-1-3-5-7-10/h8-10H,1-7H2. The van der Waals surface area contributed by atoms with Crippen molar-refractivity contribution in [1.29, 1.82) is 0 Å². The van der Waals surface area contributed by atoms with E-state index in [0.29, 0.717) is 5.92 Å². The smallest absolute Gasteiger partial charge is 0.124 e. The molecule has 1 heteroatoms. The van der Waals surface area contributed by atoms with Crippen molar-refractivity contribution in [2.45, 2.75) is 44.9 Å². The maximum absolute atomic E-state index is 10.2. The minimum absolute atomic E-state index is 0.591. The van der Waals surface area contributed by atoms with Crippen LogP contribution < -0.4 is 0 Å². The molecule has 1 nitrogen and oxygen atoms in total. The molecule has 0 aromatic carbocycles. The first kappa shape index (κ1) is 8.76. The molecule has 0 bridgehead atoms. The largest absolute Gasteiger partial charge is 0.303 e. The van der Waals surface area contributed by atoms with Crippen LogP contribution in [0.15, 0.2) is 0 Å². The molecule has 1 radical (unpaired) electrons. The van der Waals surface area contributed by atoms with Crippen LogP contribution in [0.1, 0.15) is 44.9 Å². The van der Waals surface area contributed by atoms with E-state index in [1.807, 2.05) is 6.42 Å². The molecule has 1 aliphatic rings. The van der Waals surface area contributed by atoms with Gasteiger partial charge in [0.25, 0.3) is 0 Å². The number of aldehydes is 1. The van der Waals surface area contributed by atoms with Gasteiger partial charge in [0.2, 0.25) is 0 Å². The van der Waals surface area contributed by atoms with Crippen LogP contribution in [0.2, 0.25) is 0 Å². The number of carbonyl (C=O) groups excluding carboxylic acids is 1. The zero-order valence-corrected chi connectivity index (χ0v) is 7.09. The minimum Gasteiger partial charge on any atom is -0.303 e. The quantitative estimate of drug-likeness (QED) is 0.557. The van der Waals surface area contributed by atoms with E-state index in [-0.39, 0.29) is 0 Å². The second kappa shape index (κ2) is 5.34. The number of hydrogen-bond acceptors (Lipinski definition) is 1. The zero-order chi connectivity index (χ0) is 7.94. The van der Waals surface area contributed by atoms with Crippen molar-refractivity contribution in [3.63, 3.8) is 0 Å². The van der Waals surface area contributed by atoms with Crippen LogP contribution in [0.4, 0.5) is 0 Å². The third-order valence-corrected chi connectivity index (χ3v) is 2.50. The molecule has 1 aliphatic carbocycles. The van der Waals surface area contributed by atoms with E-state index in [4.69, 9.17) is 0 Å². The van der Waals surface area contributed by atoms with Gasteiger partial charge in [-0.25, -0.2) is 0 Å². The highest BCUT2D eigenvalue weighted by molar-refractivity contribution is 5.61. The van der Waals surface area contributed by atoms with E-state index in [2.05, 4.69) is 0 Å². The Bertz CT molecular complexity index is 101. The van der Waals surface area contributed by atoms with Gasteiger partial charge in [-0.15, -0.1) is 0 Å². The van der Waals surface area contributed by atoms with Gasteiger partial charge >= 0.3 is 0 Å². The summed E-state index contributed by atoms with van der Waals surface area (Å²) >= 11 is 0. The summed E-state index contributed by atoms with van der Waals surface area (Å²) in [5, 5.41) is 0. The average molecular weight is 153 g/mol. The van der Waals surface area contributed by atoms with Crippen LogP contribution in [-0.4, -0.2) is 6.29 Å². The van der Waals surface area contributed by atoms with E-state index in [1.165, 1.54) is 44.9 Å². The average Bonchev–Trinajstić information content (AvgIpc) is 1.94. The van der Waals surface area contributed by atoms with Crippen molar-refractivity contribution in [3.8, 4) is 0 Å². The van der Waals surface area contributed by atoms with Gasteiger partial charge in [-0.2, -0.15) is 0 Å². The Morgan fingerprint density at radius 3 is 2.00 bits per heavy atom. The maximum atomic E-state index is 10.2. The van der Waals surface area contributed by atoms with Gasteiger partial charge in [0.1, 0.15) is 6.29 Å². The van der Waals surface area contributed by atoms with Gasteiger partial charge in [0.05, 0.1) is 0 Å². The molecule has 0 heterocycles. The summed E-state index contributed by atoms with van der Waals surface area (Å²) in [6.45, 7) is 0. The fraction of sp³-hybridized carbons (Fsp3) is 0.800. The highest BCUT2D eigenvalue weighted by Crippen LogP contribution is 2.23. The molecule has 1 saturated carbocycles. The summed E-state index contributed by atoms with van der Waals surface area (Å²) in [5.41, 5.74) is 0. The van der Waals surface area contributed by atoms with Gasteiger partial charge in [0.15, 0.2) is 0 Å². The first-order chi connectivity index (χ1) is 5.43. The Morgan fingerprint density at radius 1 is 0.909 bits per heavy atom. The van der Waals surface area contributed by atoms with Gasteiger partial charge in [-0.3, -0.25) is 0 Å².